The Morgan fingerprint density at radius 2 is 1.67 bits per heavy atom. The molecule has 0 heterocycles. The molecule has 3 N–H and O–H groups in total. The predicted octanol–water partition coefficient (Wildman–Crippen LogP) is 2.20. The summed E-state index contributed by atoms with van der Waals surface area (Å²) in [4.78, 5) is 0.259. The molecule has 0 fully saturated rings. The smallest absolute Gasteiger partial charge is 0.240 e. The fourth-order valence-corrected chi connectivity index (χ4v) is 3.14. The van der Waals surface area contributed by atoms with Crippen LogP contribution in [0.3, 0.4) is 0 Å². The molecule has 0 aliphatic rings. The van der Waals surface area contributed by atoms with Crippen molar-refractivity contribution in [3.8, 4) is 0 Å². The average Bonchev–Trinajstić information content (AvgIpc) is 2.50. The van der Waals surface area contributed by atoms with Crippen LogP contribution in [-0.2, 0) is 10.0 Å². The van der Waals surface area contributed by atoms with Gasteiger partial charge in [0, 0.05) is 24.2 Å². The summed E-state index contributed by atoms with van der Waals surface area (Å²) in [6, 6.07) is 6.66. The molecular formula is C15H26N2O3S. The Morgan fingerprint density at radius 3 is 2.10 bits per heavy atom. The number of aliphatic hydroxyl groups is 1. The van der Waals surface area contributed by atoms with Gasteiger partial charge in [0.2, 0.25) is 10.0 Å². The van der Waals surface area contributed by atoms with Gasteiger partial charge in [-0.15, -0.1) is 0 Å². The van der Waals surface area contributed by atoms with E-state index in [1.807, 2.05) is 0 Å². The molecule has 0 saturated heterocycles. The molecule has 0 atom stereocenters. The first-order valence-corrected chi connectivity index (χ1v) is 8.85. The van der Waals surface area contributed by atoms with E-state index in [1.54, 1.807) is 31.2 Å². The lowest BCUT2D eigenvalue weighted by Crippen LogP contribution is -2.32. The molecule has 0 saturated carbocycles. The van der Waals surface area contributed by atoms with E-state index in [2.05, 4.69) is 23.9 Å². The predicted molar refractivity (Wildman–Crippen MR) is 85.9 cm³/mol. The monoisotopic (exact) mass is 314 g/mol. The van der Waals surface area contributed by atoms with Crippen molar-refractivity contribution < 1.29 is 13.5 Å². The minimum Gasteiger partial charge on any atom is -0.396 e. The number of hydrogen-bond acceptors (Lipinski definition) is 4. The number of nitrogens with one attached hydrogen (secondary N) is 2. The molecule has 0 amide bonds. The Bertz CT molecular complexity index is 514. The number of benzene rings is 1. The lowest BCUT2D eigenvalue weighted by molar-refractivity contribution is 0.127. The fraction of sp³-hybridized carbons (Fsp3) is 0.600. The summed E-state index contributed by atoms with van der Waals surface area (Å²) in [6.07, 6.45) is 1.78. The van der Waals surface area contributed by atoms with Gasteiger partial charge >= 0.3 is 0 Å². The van der Waals surface area contributed by atoms with Gasteiger partial charge in [0.05, 0.1) is 11.5 Å². The van der Waals surface area contributed by atoms with Crippen molar-refractivity contribution in [2.45, 2.75) is 38.5 Å². The molecule has 6 heteroatoms. The molecule has 1 aromatic rings. The van der Waals surface area contributed by atoms with Crippen LogP contribution in [0.2, 0.25) is 0 Å². The van der Waals surface area contributed by atoms with Crippen LogP contribution in [0.4, 0.5) is 5.69 Å². The Hall–Kier alpha value is -1.11. The van der Waals surface area contributed by atoms with Crippen LogP contribution in [0.15, 0.2) is 29.2 Å². The summed E-state index contributed by atoms with van der Waals surface area (Å²) in [5.74, 6) is 0. The van der Waals surface area contributed by atoms with Crippen LogP contribution in [-0.4, -0.2) is 33.2 Å². The van der Waals surface area contributed by atoms with Crippen LogP contribution in [0.1, 0.15) is 33.6 Å². The number of rotatable bonds is 9. The highest BCUT2D eigenvalue weighted by molar-refractivity contribution is 7.89. The highest BCUT2D eigenvalue weighted by Gasteiger charge is 2.24. The lowest BCUT2D eigenvalue weighted by Gasteiger charge is -2.30. The number of hydrogen-bond donors (Lipinski definition) is 3. The van der Waals surface area contributed by atoms with E-state index in [9.17, 15) is 13.5 Å². The quantitative estimate of drug-likeness (QED) is 0.653. The van der Waals surface area contributed by atoms with Gasteiger partial charge in [-0.2, -0.15) is 0 Å². The van der Waals surface area contributed by atoms with E-state index < -0.39 is 10.0 Å². The summed E-state index contributed by atoms with van der Waals surface area (Å²) < 4.78 is 26.1. The maximum absolute atomic E-state index is 11.8. The van der Waals surface area contributed by atoms with E-state index in [0.29, 0.717) is 13.1 Å². The molecule has 0 aliphatic carbocycles. The summed E-state index contributed by atoms with van der Waals surface area (Å²) in [5.41, 5.74) is 0.722. The molecule has 0 unspecified atom stereocenters. The lowest BCUT2D eigenvalue weighted by atomic mass is 9.83. The third kappa shape index (κ3) is 4.69. The van der Waals surface area contributed by atoms with E-state index in [4.69, 9.17) is 0 Å². The Labute approximate surface area is 127 Å². The van der Waals surface area contributed by atoms with Crippen LogP contribution in [0.25, 0.3) is 0 Å². The number of sulfonamides is 1. The molecular weight excluding hydrogens is 288 g/mol. The molecule has 1 rings (SSSR count). The summed E-state index contributed by atoms with van der Waals surface area (Å²) in [6.45, 7) is 7.04. The Kier molecular flexibility index (Phi) is 6.64. The first-order chi connectivity index (χ1) is 9.93. The van der Waals surface area contributed by atoms with Crippen molar-refractivity contribution in [2.24, 2.45) is 5.41 Å². The van der Waals surface area contributed by atoms with E-state index in [1.165, 1.54) is 0 Å². The van der Waals surface area contributed by atoms with Gasteiger partial charge in [0.25, 0.3) is 0 Å². The van der Waals surface area contributed by atoms with Crippen LogP contribution in [0, 0.1) is 5.41 Å². The molecule has 0 spiro atoms. The maximum Gasteiger partial charge on any atom is 0.240 e. The highest BCUT2D eigenvalue weighted by atomic mass is 32.2. The normalized spacial score (nSPS) is 12.4. The molecule has 0 aromatic heterocycles. The van der Waals surface area contributed by atoms with Crippen LogP contribution < -0.4 is 10.0 Å². The molecule has 5 nitrogen and oxygen atoms in total. The molecule has 0 bridgehead atoms. The van der Waals surface area contributed by atoms with Gasteiger partial charge in [-0.05, 0) is 37.1 Å². The first kappa shape index (κ1) is 17.9. The second kappa shape index (κ2) is 7.77. The molecule has 1 aromatic carbocycles. The standard InChI is InChI=1S/C15H26N2O3S/c1-4-15(5-2,12-18)11-16-13-7-9-14(10-8-13)21(19,20)17-6-3/h7-10,16-18H,4-6,11-12H2,1-3H3. The van der Waals surface area contributed by atoms with Gasteiger partial charge in [-0.1, -0.05) is 20.8 Å². The van der Waals surface area contributed by atoms with Crippen molar-refractivity contribution in [2.75, 3.05) is 25.0 Å². The van der Waals surface area contributed by atoms with E-state index in [0.717, 1.165) is 18.5 Å². The van der Waals surface area contributed by atoms with Crippen molar-refractivity contribution >= 4 is 15.7 Å². The van der Waals surface area contributed by atoms with Crippen LogP contribution >= 0.6 is 0 Å². The first-order valence-electron chi connectivity index (χ1n) is 7.37. The topological polar surface area (TPSA) is 78.4 Å². The molecule has 120 valence electrons. The zero-order valence-electron chi connectivity index (χ0n) is 13.0. The van der Waals surface area contributed by atoms with Crippen molar-refractivity contribution in [3.05, 3.63) is 24.3 Å². The summed E-state index contributed by atoms with van der Waals surface area (Å²) >= 11 is 0. The SMILES string of the molecule is CCNS(=O)(=O)c1ccc(NCC(CC)(CC)CO)cc1. The van der Waals surface area contributed by atoms with Gasteiger partial charge in [-0.3, -0.25) is 0 Å². The molecule has 21 heavy (non-hydrogen) atoms. The molecule has 0 radical (unpaired) electrons. The Morgan fingerprint density at radius 1 is 1.10 bits per heavy atom. The Balaban J connectivity index is 2.76. The van der Waals surface area contributed by atoms with Crippen molar-refractivity contribution in [1.82, 2.24) is 4.72 Å². The van der Waals surface area contributed by atoms with E-state index >= 15 is 0 Å². The fourth-order valence-electron chi connectivity index (χ4n) is 2.09. The van der Waals surface area contributed by atoms with Crippen molar-refractivity contribution in [1.29, 1.82) is 0 Å². The van der Waals surface area contributed by atoms with Gasteiger partial charge in [-0.25, -0.2) is 13.1 Å². The average molecular weight is 314 g/mol. The van der Waals surface area contributed by atoms with Gasteiger partial charge in [0.15, 0.2) is 0 Å². The summed E-state index contributed by atoms with van der Waals surface area (Å²) in [5, 5.41) is 12.8. The third-order valence-electron chi connectivity index (χ3n) is 4.00. The van der Waals surface area contributed by atoms with E-state index in [-0.39, 0.29) is 16.9 Å². The third-order valence-corrected chi connectivity index (χ3v) is 5.56. The second-order valence-corrected chi connectivity index (χ2v) is 7.01. The largest absolute Gasteiger partial charge is 0.396 e. The minimum atomic E-state index is -3.40. The minimum absolute atomic E-state index is 0.130. The number of aliphatic hydroxyl groups excluding tert-OH is 1. The van der Waals surface area contributed by atoms with Gasteiger partial charge < -0.3 is 10.4 Å². The summed E-state index contributed by atoms with van der Waals surface area (Å²) in [7, 11) is -3.40. The maximum atomic E-state index is 11.8. The highest BCUT2D eigenvalue weighted by Crippen LogP contribution is 2.26. The van der Waals surface area contributed by atoms with Crippen molar-refractivity contribution in [3.63, 3.8) is 0 Å². The second-order valence-electron chi connectivity index (χ2n) is 5.24. The molecule has 0 aliphatic heterocycles. The number of anilines is 1. The van der Waals surface area contributed by atoms with Crippen LogP contribution in [0.5, 0.6) is 0 Å². The van der Waals surface area contributed by atoms with Gasteiger partial charge in [0.1, 0.15) is 0 Å². The zero-order chi connectivity index (χ0) is 15.9. The zero-order valence-corrected chi connectivity index (χ0v) is 13.8.